The molecule has 3 nitrogen and oxygen atoms in total. The first kappa shape index (κ1) is 11.3. The normalized spacial score (nSPS) is 28.3. The molecule has 3 heteroatoms. The third kappa shape index (κ3) is 2.63. The van der Waals surface area contributed by atoms with E-state index in [2.05, 4.69) is 26.1 Å². The van der Waals surface area contributed by atoms with Gasteiger partial charge in [0.2, 0.25) is 0 Å². The van der Waals surface area contributed by atoms with Gasteiger partial charge in [-0.15, -0.1) is 0 Å². The number of carbonyl (C=O) groups excluding carboxylic acids is 1. The molecule has 82 valence electrons. The third-order valence-corrected chi connectivity index (χ3v) is 3.45. The largest absolute Gasteiger partial charge is 0.352 e. The Kier molecular flexibility index (Phi) is 3.78. The van der Waals surface area contributed by atoms with Crippen molar-refractivity contribution in [2.45, 2.75) is 46.1 Å². The quantitative estimate of drug-likeness (QED) is 0.714. The van der Waals surface area contributed by atoms with Crippen molar-refractivity contribution >= 4 is 6.03 Å². The minimum atomic E-state index is -0.383. The van der Waals surface area contributed by atoms with Crippen LogP contribution < -0.4 is 11.1 Å². The second-order valence-corrected chi connectivity index (χ2v) is 4.75. The van der Waals surface area contributed by atoms with E-state index in [4.69, 9.17) is 5.73 Å². The molecule has 0 radical (unpaired) electrons. The molecule has 0 bridgehead atoms. The lowest BCUT2D eigenvalue weighted by atomic mass is 9.68. The fourth-order valence-corrected chi connectivity index (χ4v) is 2.68. The molecule has 0 heterocycles. The van der Waals surface area contributed by atoms with Crippen LogP contribution >= 0.6 is 0 Å². The standard InChI is InChI=1S/C11H22N2O/c1-4-10(7(2)3)8-5-9(6-8)13-11(12)14/h7-10H,4-6H2,1-3H3,(H3,12,13,14)/t8-,9+,10?. The fraction of sp³-hybridized carbons (Fsp3) is 0.909. The van der Waals surface area contributed by atoms with Crippen molar-refractivity contribution in [1.82, 2.24) is 5.32 Å². The lowest BCUT2D eigenvalue weighted by molar-refractivity contribution is 0.118. The van der Waals surface area contributed by atoms with Crippen LogP contribution in [0.4, 0.5) is 4.79 Å². The highest BCUT2D eigenvalue weighted by molar-refractivity contribution is 5.72. The van der Waals surface area contributed by atoms with E-state index in [1.165, 1.54) is 6.42 Å². The molecular formula is C11H22N2O. The number of hydrogen-bond donors (Lipinski definition) is 2. The van der Waals surface area contributed by atoms with Crippen LogP contribution in [-0.2, 0) is 0 Å². The molecule has 2 amide bonds. The molecule has 0 aromatic carbocycles. The van der Waals surface area contributed by atoms with Crippen LogP contribution in [0.3, 0.4) is 0 Å². The van der Waals surface area contributed by atoms with Crippen molar-refractivity contribution in [3.8, 4) is 0 Å². The zero-order chi connectivity index (χ0) is 10.7. The van der Waals surface area contributed by atoms with Crippen molar-refractivity contribution in [1.29, 1.82) is 0 Å². The van der Waals surface area contributed by atoms with Gasteiger partial charge in [-0.1, -0.05) is 27.2 Å². The van der Waals surface area contributed by atoms with Crippen LogP contribution in [0.2, 0.25) is 0 Å². The van der Waals surface area contributed by atoms with Crippen LogP contribution in [0.25, 0.3) is 0 Å². The Morgan fingerprint density at radius 1 is 1.50 bits per heavy atom. The molecule has 1 rings (SSSR count). The molecule has 0 aromatic rings. The van der Waals surface area contributed by atoms with E-state index in [1.54, 1.807) is 0 Å². The topological polar surface area (TPSA) is 55.1 Å². The van der Waals surface area contributed by atoms with Gasteiger partial charge >= 0.3 is 6.03 Å². The second-order valence-electron chi connectivity index (χ2n) is 4.75. The zero-order valence-electron chi connectivity index (χ0n) is 9.42. The van der Waals surface area contributed by atoms with Gasteiger partial charge in [0.05, 0.1) is 0 Å². The van der Waals surface area contributed by atoms with Gasteiger partial charge in [0.25, 0.3) is 0 Å². The number of carbonyl (C=O) groups is 1. The molecule has 0 aliphatic heterocycles. The average molecular weight is 198 g/mol. The van der Waals surface area contributed by atoms with Gasteiger partial charge in [-0.25, -0.2) is 4.79 Å². The maximum absolute atomic E-state index is 10.6. The molecule has 14 heavy (non-hydrogen) atoms. The minimum absolute atomic E-state index is 0.338. The van der Waals surface area contributed by atoms with Crippen molar-refractivity contribution in [2.75, 3.05) is 0 Å². The van der Waals surface area contributed by atoms with E-state index < -0.39 is 0 Å². The summed E-state index contributed by atoms with van der Waals surface area (Å²) in [6.07, 6.45) is 3.46. The van der Waals surface area contributed by atoms with Crippen molar-refractivity contribution in [3.05, 3.63) is 0 Å². The molecular weight excluding hydrogens is 176 g/mol. The molecule has 0 spiro atoms. The van der Waals surface area contributed by atoms with E-state index in [0.29, 0.717) is 6.04 Å². The van der Waals surface area contributed by atoms with Gasteiger partial charge in [0.15, 0.2) is 0 Å². The lowest BCUT2D eigenvalue weighted by Crippen LogP contribution is -2.48. The third-order valence-electron chi connectivity index (χ3n) is 3.45. The highest BCUT2D eigenvalue weighted by Crippen LogP contribution is 2.39. The van der Waals surface area contributed by atoms with Gasteiger partial charge in [-0.05, 0) is 30.6 Å². The molecule has 1 unspecified atom stereocenters. The zero-order valence-corrected chi connectivity index (χ0v) is 9.42. The average Bonchev–Trinajstić information content (AvgIpc) is 1.99. The second kappa shape index (κ2) is 4.67. The van der Waals surface area contributed by atoms with Gasteiger partial charge in [0, 0.05) is 6.04 Å². The molecule has 1 saturated carbocycles. The molecule has 0 saturated heterocycles. The maximum atomic E-state index is 10.6. The number of nitrogens with two attached hydrogens (primary N) is 1. The molecule has 1 aliphatic rings. The van der Waals surface area contributed by atoms with Gasteiger partial charge in [-0.3, -0.25) is 0 Å². The minimum Gasteiger partial charge on any atom is -0.352 e. The first-order valence-electron chi connectivity index (χ1n) is 5.60. The van der Waals surface area contributed by atoms with Crippen LogP contribution in [0, 0.1) is 17.8 Å². The van der Waals surface area contributed by atoms with Gasteiger partial charge in [-0.2, -0.15) is 0 Å². The predicted octanol–water partition coefficient (Wildman–Crippen LogP) is 2.12. The number of rotatable bonds is 4. The summed E-state index contributed by atoms with van der Waals surface area (Å²) in [6, 6.07) is -0.0451. The Bertz CT molecular complexity index is 197. The summed E-state index contributed by atoms with van der Waals surface area (Å²) in [5, 5.41) is 2.77. The first-order chi connectivity index (χ1) is 6.54. The SMILES string of the molecule is CCC(C(C)C)[C@H]1C[C@@H](NC(N)=O)C1. The molecule has 3 N–H and O–H groups in total. The molecule has 0 aromatic heterocycles. The van der Waals surface area contributed by atoms with Crippen molar-refractivity contribution in [3.63, 3.8) is 0 Å². The Morgan fingerprint density at radius 3 is 2.43 bits per heavy atom. The van der Waals surface area contributed by atoms with E-state index in [9.17, 15) is 4.79 Å². The maximum Gasteiger partial charge on any atom is 0.312 e. The Hall–Kier alpha value is -0.730. The highest BCUT2D eigenvalue weighted by Gasteiger charge is 2.35. The Balaban J connectivity index is 2.28. The summed E-state index contributed by atoms with van der Waals surface area (Å²) in [4.78, 5) is 10.6. The number of nitrogens with one attached hydrogen (secondary N) is 1. The van der Waals surface area contributed by atoms with Gasteiger partial charge < -0.3 is 11.1 Å². The monoisotopic (exact) mass is 198 g/mol. The van der Waals surface area contributed by atoms with Crippen LogP contribution in [0.15, 0.2) is 0 Å². The van der Waals surface area contributed by atoms with E-state index >= 15 is 0 Å². The Labute approximate surface area is 86.4 Å². The molecule has 1 fully saturated rings. The number of hydrogen-bond acceptors (Lipinski definition) is 1. The van der Waals surface area contributed by atoms with Crippen LogP contribution in [-0.4, -0.2) is 12.1 Å². The van der Waals surface area contributed by atoms with Gasteiger partial charge in [0.1, 0.15) is 0 Å². The lowest BCUT2D eigenvalue weighted by Gasteiger charge is -2.42. The summed E-state index contributed by atoms with van der Waals surface area (Å²) in [6.45, 7) is 6.81. The molecule has 1 atom stereocenters. The predicted molar refractivity (Wildman–Crippen MR) is 57.9 cm³/mol. The summed E-state index contributed by atoms with van der Waals surface area (Å²) in [5.41, 5.74) is 5.07. The smallest absolute Gasteiger partial charge is 0.312 e. The van der Waals surface area contributed by atoms with Crippen molar-refractivity contribution in [2.24, 2.45) is 23.5 Å². The first-order valence-corrected chi connectivity index (χ1v) is 5.60. The fourth-order valence-electron chi connectivity index (χ4n) is 2.68. The number of primary amides is 1. The van der Waals surface area contributed by atoms with Crippen LogP contribution in [0.5, 0.6) is 0 Å². The van der Waals surface area contributed by atoms with E-state index in [1.807, 2.05) is 0 Å². The number of urea groups is 1. The van der Waals surface area contributed by atoms with E-state index in [0.717, 1.165) is 30.6 Å². The van der Waals surface area contributed by atoms with E-state index in [-0.39, 0.29) is 6.03 Å². The highest BCUT2D eigenvalue weighted by atomic mass is 16.2. The van der Waals surface area contributed by atoms with Crippen LogP contribution in [0.1, 0.15) is 40.0 Å². The van der Waals surface area contributed by atoms with Crippen molar-refractivity contribution < 1.29 is 4.79 Å². The molecule has 1 aliphatic carbocycles. The Morgan fingerprint density at radius 2 is 2.07 bits per heavy atom. The summed E-state index contributed by atoms with van der Waals surface area (Å²) < 4.78 is 0. The number of amides is 2. The summed E-state index contributed by atoms with van der Waals surface area (Å²) in [7, 11) is 0. The summed E-state index contributed by atoms with van der Waals surface area (Å²) in [5.74, 6) is 2.34. The summed E-state index contributed by atoms with van der Waals surface area (Å²) >= 11 is 0.